The lowest BCUT2D eigenvalue weighted by atomic mass is 9.97. The third-order valence-electron chi connectivity index (χ3n) is 5.05. The van der Waals surface area contributed by atoms with Crippen molar-refractivity contribution < 1.29 is 9.59 Å². The molecule has 2 amide bonds. The minimum atomic E-state index is -0.195. The van der Waals surface area contributed by atoms with Gasteiger partial charge in [0.25, 0.3) is 11.8 Å². The molecule has 0 aromatic heterocycles. The molecule has 0 saturated carbocycles. The van der Waals surface area contributed by atoms with Gasteiger partial charge in [-0.05, 0) is 31.5 Å². The predicted octanol–water partition coefficient (Wildman–Crippen LogP) is 1.65. The molecule has 24 heavy (non-hydrogen) atoms. The van der Waals surface area contributed by atoms with Crippen molar-refractivity contribution in [3.63, 3.8) is 0 Å². The normalized spacial score (nSPS) is 19.7. The molecule has 2 aliphatic rings. The van der Waals surface area contributed by atoms with Crippen molar-refractivity contribution in [2.24, 2.45) is 0 Å². The van der Waals surface area contributed by atoms with E-state index in [9.17, 15) is 9.59 Å². The van der Waals surface area contributed by atoms with E-state index in [2.05, 4.69) is 22.8 Å². The van der Waals surface area contributed by atoms with Gasteiger partial charge in [0.15, 0.2) is 0 Å². The molecule has 1 aromatic rings. The third kappa shape index (κ3) is 2.73. The average molecular weight is 327 g/mol. The molecule has 2 aliphatic heterocycles. The first kappa shape index (κ1) is 16.7. The quantitative estimate of drug-likeness (QED) is 0.792. The number of benzene rings is 1. The predicted molar refractivity (Wildman–Crippen MR) is 94.3 cm³/mol. The minimum absolute atomic E-state index is 0.181. The zero-order valence-corrected chi connectivity index (χ0v) is 14.9. The number of imide groups is 1. The van der Waals surface area contributed by atoms with Gasteiger partial charge in [0.05, 0.1) is 5.57 Å². The van der Waals surface area contributed by atoms with Crippen LogP contribution in [0.3, 0.4) is 0 Å². The maximum Gasteiger partial charge on any atom is 0.277 e. The smallest absolute Gasteiger partial charge is 0.277 e. The molecule has 3 rings (SSSR count). The van der Waals surface area contributed by atoms with Crippen LogP contribution in [0.1, 0.15) is 23.6 Å². The Morgan fingerprint density at radius 1 is 1.00 bits per heavy atom. The van der Waals surface area contributed by atoms with E-state index in [0.717, 1.165) is 49.4 Å². The second-order valence-electron chi connectivity index (χ2n) is 6.63. The molecule has 0 bridgehead atoms. The van der Waals surface area contributed by atoms with Crippen molar-refractivity contribution in [2.75, 3.05) is 39.8 Å². The molecule has 5 heteroatoms. The number of nitrogens with zero attached hydrogens (tertiary/aromatic N) is 3. The van der Waals surface area contributed by atoms with Crippen LogP contribution in [0.5, 0.6) is 0 Å². The monoisotopic (exact) mass is 327 g/mol. The summed E-state index contributed by atoms with van der Waals surface area (Å²) < 4.78 is 0. The van der Waals surface area contributed by atoms with Crippen molar-refractivity contribution in [3.05, 3.63) is 40.6 Å². The highest BCUT2D eigenvalue weighted by molar-refractivity contribution is 6.35. The van der Waals surface area contributed by atoms with Gasteiger partial charge in [0.1, 0.15) is 5.70 Å². The molecule has 0 unspecified atom stereocenters. The van der Waals surface area contributed by atoms with Crippen LogP contribution in [-0.2, 0) is 9.59 Å². The molecule has 0 atom stereocenters. The molecule has 128 valence electrons. The number of piperazine rings is 1. The Balaban J connectivity index is 2.05. The van der Waals surface area contributed by atoms with Crippen LogP contribution in [0.2, 0.25) is 0 Å². The van der Waals surface area contributed by atoms with E-state index in [1.54, 1.807) is 7.05 Å². The fourth-order valence-electron chi connectivity index (χ4n) is 3.54. The number of hydrogen-bond acceptors (Lipinski definition) is 4. The summed E-state index contributed by atoms with van der Waals surface area (Å²) in [4.78, 5) is 31.2. The van der Waals surface area contributed by atoms with E-state index in [-0.39, 0.29) is 11.8 Å². The lowest BCUT2D eigenvalue weighted by Crippen LogP contribution is -2.47. The van der Waals surface area contributed by atoms with Crippen LogP contribution < -0.4 is 0 Å². The van der Waals surface area contributed by atoms with Gasteiger partial charge in [-0.1, -0.05) is 30.7 Å². The van der Waals surface area contributed by atoms with E-state index in [0.29, 0.717) is 11.3 Å². The molecule has 0 radical (unpaired) electrons. The highest BCUT2D eigenvalue weighted by Gasteiger charge is 2.40. The molecule has 0 N–H and O–H groups in total. The van der Waals surface area contributed by atoms with Gasteiger partial charge in [0, 0.05) is 33.2 Å². The van der Waals surface area contributed by atoms with Crippen LogP contribution in [0.4, 0.5) is 0 Å². The van der Waals surface area contributed by atoms with E-state index in [4.69, 9.17) is 0 Å². The van der Waals surface area contributed by atoms with Crippen LogP contribution in [-0.4, -0.2) is 66.3 Å². The highest BCUT2D eigenvalue weighted by Crippen LogP contribution is 2.33. The van der Waals surface area contributed by atoms with Crippen LogP contribution in [0.25, 0.3) is 5.57 Å². The molecule has 5 nitrogen and oxygen atoms in total. The molecule has 1 saturated heterocycles. The number of likely N-dealkylation sites (N-methyl/N-ethyl adjacent to an activating group) is 2. The van der Waals surface area contributed by atoms with E-state index >= 15 is 0 Å². The Bertz CT molecular complexity index is 715. The second kappa shape index (κ2) is 6.40. The number of carbonyl (C=O) groups is 2. The second-order valence-corrected chi connectivity index (χ2v) is 6.63. The van der Waals surface area contributed by atoms with Crippen molar-refractivity contribution in [3.8, 4) is 0 Å². The Kier molecular flexibility index (Phi) is 4.45. The Morgan fingerprint density at radius 2 is 1.67 bits per heavy atom. The van der Waals surface area contributed by atoms with Crippen LogP contribution in [0, 0.1) is 13.8 Å². The van der Waals surface area contributed by atoms with Crippen LogP contribution >= 0.6 is 0 Å². The SMILES string of the molecule is CCN1CCN(C2=C(c3ccc(C)cc3C)C(=O)N(C)C2=O)CC1. The summed E-state index contributed by atoms with van der Waals surface area (Å²) in [6.45, 7) is 10.6. The van der Waals surface area contributed by atoms with Gasteiger partial charge in [0.2, 0.25) is 0 Å². The molecule has 1 aromatic carbocycles. The lowest BCUT2D eigenvalue weighted by molar-refractivity contribution is -0.136. The lowest BCUT2D eigenvalue weighted by Gasteiger charge is -2.35. The van der Waals surface area contributed by atoms with Crippen molar-refractivity contribution >= 4 is 17.4 Å². The van der Waals surface area contributed by atoms with Gasteiger partial charge in [-0.3, -0.25) is 14.5 Å². The Labute approximate surface area is 143 Å². The first-order chi connectivity index (χ1) is 11.4. The maximum absolute atomic E-state index is 12.7. The first-order valence-electron chi connectivity index (χ1n) is 8.55. The molecular weight excluding hydrogens is 302 g/mol. The molecule has 1 fully saturated rings. The van der Waals surface area contributed by atoms with Gasteiger partial charge >= 0.3 is 0 Å². The summed E-state index contributed by atoms with van der Waals surface area (Å²) >= 11 is 0. The minimum Gasteiger partial charge on any atom is -0.364 e. The summed E-state index contributed by atoms with van der Waals surface area (Å²) in [7, 11) is 1.57. The summed E-state index contributed by atoms with van der Waals surface area (Å²) in [5.74, 6) is -0.375. The van der Waals surface area contributed by atoms with Crippen LogP contribution in [0.15, 0.2) is 23.9 Å². The summed E-state index contributed by atoms with van der Waals surface area (Å²) in [6, 6.07) is 6.02. The van der Waals surface area contributed by atoms with Crippen molar-refractivity contribution in [2.45, 2.75) is 20.8 Å². The summed E-state index contributed by atoms with van der Waals surface area (Å²) in [6.07, 6.45) is 0. The zero-order valence-electron chi connectivity index (χ0n) is 14.9. The number of amides is 2. The first-order valence-corrected chi connectivity index (χ1v) is 8.55. The number of rotatable bonds is 3. The topological polar surface area (TPSA) is 43.9 Å². The average Bonchev–Trinajstić information content (AvgIpc) is 2.79. The number of hydrogen-bond donors (Lipinski definition) is 0. The van der Waals surface area contributed by atoms with E-state index in [1.807, 2.05) is 26.0 Å². The van der Waals surface area contributed by atoms with Gasteiger partial charge in [-0.15, -0.1) is 0 Å². The maximum atomic E-state index is 12.7. The number of carbonyl (C=O) groups excluding carboxylic acids is 2. The largest absolute Gasteiger partial charge is 0.364 e. The number of aryl methyl sites for hydroxylation is 2. The molecular formula is C19H25N3O2. The van der Waals surface area contributed by atoms with Gasteiger partial charge < -0.3 is 9.80 Å². The molecule has 0 spiro atoms. The standard InChI is InChI=1S/C19H25N3O2/c1-5-21-8-10-22(11-9-21)17-16(18(23)20(4)19(17)24)15-7-6-13(2)12-14(15)3/h6-7,12H,5,8-11H2,1-4H3. The Hall–Kier alpha value is -2.14. The molecule has 0 aliphatic carbocycles. The van der Waals surface area contributed by atoms with E-state index < -0.39 is 0 Å². The third-order valence-corrected chi connectivity index (χ3v) is 5.05. The summed E-state index contributed by atoms with van der Waals surface area (Å²) in [5.41, 5.74) is 4.19. The van der Waals surface area contributed by atoms with Gasteiger partial charge in [-0.2, -0.15) is 0 Å². The zero-order chi connectivity index (χ0) is 17.4. The summed E-state index contributed by atoms with van der Waals surface area (Å²) in [5, 5.41) is 0. The Morgan fingerprint density at radius 3 is 2.25 bits per heavy atom. The molecule has 2 heterocycles. The fourth-order valence-corrected chi connectivity index (χ4v) is 3.54. The van der Waals surface area contributed by atoms with Gasteiger partial charge in [-0.25, -0.2) is 0 Å². The van der Waals surface area contributed by atoms with Crippen molar-refractivity contribution in [1.82, 2.24) is 14.7 Å². The fraction of sp³-hybridized carbons (Fsp3) is 0.474. The van der Waals surface area contributed by atoms with E-state index in [1.165, 1.54) is 4.90 Å². The highest BCUT2D eigenvalue weighted by atomic mass is 16.2. The van der Waals surface area contributed by atoms with Crippen molar-refractivity contribution in [1.29, 1.82) is 0 Å².